The van der Waals surface area contributed by atoms with Crippen LogP contribution in [-0.4, -0.2) is 44.2 Å². The Morgan fingerprint density at radius 1 is 1.33 bits per heavy atom. The molecule has 0 unspecified atom stereocenters. The Morgan fingerprint density at radius 3 is 2.81 bits per heavy atom. The van der Waals surface area contributed by atoms with Crippen LogP contribution >= 0.6 is 0 Å². The number of carbonyl (C=O) groups excluding carboxylic acids is 1. The Balaban J connectivity index is 2.02. The van der Waals surface area contributed by atoms with E-state index in [-0.39, 0.29) is 5.97 Å². The molecule has 116 valence electrons. The molecule has 0 aliphatic rings. The van der Waals surface area contributed by atoms with Gasteiger partial charge < -0.3 is 15.0 Å². The van der Waals surface area contributed by atoms with Gasteiger partial charge in [-0.3, -0.25) is 0 Å². The predicted octanol–water partition coefficient (Wildman–Crippen LogP) is 2.22. The Bertz CT molecular complexity index is 418. The minimum absolute atomic E-state index is 0.276. The van der Waals surface area contributed by atoms with Crippen LogP contribution in [0.5, 0.6) is 0 Å². The fourth-order valence-corrected chi connectivity index (χ4v) is 1.98. The Labute approximate surface area is 127 Å². The molecule has 0 spiro atoms. The first-order chi connectivity index (χ1) is 10.2. The summed E-state index contributed by atoms with van der Waals surface area (Å²) >= 11 is 0. The van der Waals surface area contributed by atoms with Crippen molar-refractivity contribution in [3.63, 3.8) is 0 Å². The van der Waals surface area contributed by atoms with E-state index in [0.717, 1.165) is 26.1 Å². The summed E-state index contributed by atoms with van der Waals surface area (Å²) in [6, 6.07) is 10.5. The molecule has 0 aliphatic carbocycles. The number of nitrogens with one attached hydrogen (secondary N) is 1. The van der Waals surface area contributed by atoms with Gasteiger partial charge in [0.1, 0.15) is 0 Å². The Morgan fingerprint density at radius 2 is 2.10 bits per heavy atom. The molecule has 1 aromatic carbocycles. The molecule has 1 N–H and O–H groups in total. The topological polar surface area (TPSA) is 41.6 Å². The first-order valence-corrected chi connectivity index (χ1v) is 7.49. The van der Waals surface area contributed by atoms with Gasteiger partial charge in [0.2, 0.25) is 0 Å². The number of rotatable bonds is 10. The zero-order valence-corrected chi connectivity index (χ0v) is 13.0. The molecular formula is C17H26N2O2. The largest absolute Gasteiger partial charge is 0.463 e. The molecule has 0 radical (unpaired) electrons. The molecule has 4 nitrogen and oxygen atoms in total. The van der Waals surface area contributed by atoms with Gasteiger partial charge in [0.05, 0.1) is 6.61 Å². The number of nitrogens with zero attached hydrogens (tertiary/aromatic N) is 1. The number of esters is 1. The minimum atomic E-state index is -0.276. The summed E-state index contributed by atoms with van der Waals surface area (Å²) in [6.07, 6.45) is 4.35. The maximum absolute atomic E-state index is 11.1. The van der Waals surface area contributed by atoms with Crippen molar-refractivity contribution in [3.05, 3.63) is 48.0 Å². The fraction of sp³-hybridized carbons (Fsp3) is 0.471. The van der Waals surface area contributed by atoms with Crippen molar-refractivity contribution in [1.29, 1.82) is 0 Å². The fourth-order valence-electron chi connectivity index (χ4n) is 1.98. The summed E-state index contributed by atoms with van der Waals surface area (Å²) in [5.74, 6) is -0.276. The van der Waals surface area contributed by atoms with E-state index in [1.54, 1.807) is 13.0 Å². The third kappa shape index (κ3) is 9.00. The normalized spacial score (nSPS) is 11.2. The van der Waals surface area contributed by atoms with Gasteiger partial charge in [-0.1, -0.05) is 36.4 Å². The van der Waals surface area contributed by atoms with Crippen molar-refractivity contribution < 1.29 is 9.53 Å². The number of ether oxygens (including phenoxy) is 1. The van der Waals surface area contributed by atoms with Crippen molar-refractivity contribution in [3.8, 4) is 0 Å². The Hall–Kier alpha value is -1.65. The van der Waals surface area contributed by atoms with E-state index in [1.165, 1.54) is 11.6 Å². The molecule has 0 heterocycles. The van der Waals surface area contributed by atoms with E-state index in [0.29, 0.717) is 13.2 Å². The van der Waals surface area contributed by atoms with Crippen molar-refractivity contribution in [2.75, 3.05) is 33.3 Å². The minimum Gasteiger partial charge on any atom is -0.463 e. The lowest BCUT2D eigenvalue weighted by molar-refractivity contribution is -0.137. The summed E-state index contributed by atoms with van der Waals surface area (Å²) in [7, 11) is 2.13. The van der Waals surface area contributed by atoms with Gasteiger partial charge in [-0.05, 0) is 39.0 Å². The van der Waals surface area contributed by atoms with E-state index in [4.69, 9.17) is 4.74 Å². The number of hydrogen-bond donors (Lipinski definition) is 1. The number of hydrogen-bond acceptors (Lipinski definition) is 4. The Kier molecular flexibility index (Phi) is 9.16. The van der Waals surface area contributed by atoms with E-state index < -0.39 is 0 Å². The second-order valence-electron chi connectivity index (χ2n) is 4.94. The van der Waals surface area contributed by atoms with Crippen LogP contribution in [0.2, 0.25) is 0 Å². The third-order valence-electron chi connectivity index (χ3n) is 2.99. The molecule has 0 saturated carbocycles. The summed E-state index contributed by atoms with van der Waals surface area (Å²) in [5, 5.41) is 3.28. The van der Waals surface area contributed by atoms with E-state index >= 15 is 0 Å². The first kappa shape index (κ1) is 17.4. The average Bonchev–Trinajstić information content (AvgIpc) is 2.47. The quantitative estimate of drug-likeness (QED) is 0.407. The van der Waals surface area contributed by atoms with Crippen molar-refractivity contribution in [2.24, 2.45) is 0 Å². The molecule has 0 amide bonds. The van der Waals surface area contributed by atoms with Gasteiger partial charge in [0.15, 0.2) is 0 Å². The molecule has 0 atom stereocenters. The second-order valence-corrected chi connectivity index (χ2v) is 4.94. The lowest BCUT2D eigenvalue weighted by Gasteiger charge is -2.16. The van der Waals surface area contributed by atoms with Crippen LogP contribution in [0, 0.1) is 0 Å². The van der Waals surface area contributed by atoms with Crippen LogP contribution < -0.4 is 5.32 Å². The molecule has 1 aromatic rings. The predicted molar refractivity (Wildman–Crippen MR) is 86.0 cm³/mol. The molecule has 4 heteroatoms. The van der Waals surface area contributed by atoms with Gasteiger partial charge >= 0.3 is 5.97 Å². The maximum atomic E-state index is 11.1. The van der Waals surface area contributed by atoms with Crippen LogP contribution in [-0.2, 0) is 16.1 Å². The standard InChI is InChI=1S/C17H26N2O2/c1-3-21-17(20)11-7-12-18-13-8-14-19(2)15-16-9-5-4-6-10-16/h4-7,9-11,18H,3,8,12-15H2,1-2H3/b11-7+. The van der Waals surface area contributed by atoms with Crippen molar-refractivity contribution in [2.45, 2.75) is 19.9 Å². The van der Waals surface area contributed by atoms with Crippen LogP contribution in [0.3, 0.4) is 0 Å². The summed E-state index contributed by atoms with van der Waals surface area (Å²) < 4.78 is 4.80. The molecule has 0 saturated heterocycles. The molecule has 21 heavy (non-hydrogen) atoms. The van der Waals surface area contributed by atoms with Crippen LogP contribution in [0.1, 0.15) is 18.9 Å². The van der Waals surface area contributed by atoms with Crippen molar-refractivity contribution in [1.82, 2.24) is 10.2 Å². The highest BCUT2D eigenvalue weighted by molar-refractivity contribution is 5.81. The zero-order valence-electron chi connectivity index (χ0n) is 13.0. The van der Waals surface area contributed by atoms with E-state index in [1.807, 2.05) is 6.07 Å². The zero-order chi connectivity index (χ0) is 15.3. The van der Waals surface area contributed by atoms with Crippen LogP contribution in [0.25, 0.3) is 0 Å². The van der Waals surface area contributed by atoms with Crippen LogP contribution in [0.4, 0.5) is 0 Å². The lowest BCUT2D eigenvalue weighted by Crippen LogP contribution is -2.24. The van der Waals surface area contributed by atoms with Gasteiger partial charge in [0, 0.05) is 19.2 Å². The smallest absolute Gasteiger partial charge is 0.330 e. The summed E-state index contributed by atoms with van der Waals surface area (Å²) in [6.45, 7) is 5.88. The van der Waals surface area contributed by atoms with E-state index in [9.17, 15) is 4.79 Å². The molecule has 0 aliphatic heterocycles. The van der Waals surface area contributed by atoms with Gasteiger partial charge in [-0.25, -0.2) is 4.79 Å². The molecule has 0 bridgehead atoms. The lowest BCUT2D eigenvalue weighted by atomic mass is 10.2. The number of benzene rings is 1. The molecule has 1 rings (SSSR count). The summed E-state index contributed by atoms with van der Waals surface area (Å²) in [4.78, 5) is 13.4. The second kappa shape index (κ2) is 11.1. The maximum Gasteiger partial charge on any atom is 0.330 e. The highest BCUT2D eigenvalue weighted by atomic mass is 16.5. The highest BCUT2D eigenvalue weighted by Gasteiger charge is 1.99. The first-order valence-electron chi connectivity index (χ1n) is 7.49. The number of carbonyl (C=O) groups is 1. The van der Waals surface area contributed by atoms with Gasteiger partial charge in [-0.2, -0.15) is 0 Å². The van der Waals surface area contributed by atoms with Gasteiger partial charge in [-0.15, -0.1) is 0 Å². The molecule has 0 fully saturated rings. The van der Waals surface area contributed by atoms with E-state index in [2.05, 4.69) is 41.5 Å². The monoisotopic (exact) mass is 290 g/mol. The van der Waals surface area contributed by atoms with Crippen molar-refractivity contribution >= 4 is 5.97 Å². The third-order valence-corrected chi connectivity index (χ3v) is 2.99. The average molecular weight is 290 g/mol. The summed E-state index contributed by atoms with van der Waals surface area (Å²) in [5.41, 5.74) is 1.34. The van der Waals surface area contributed by atoms with Crippen LogP contribution in [0.15, 0.2) is 42.5 Å². The highest BCUT2D eigenvalue weighted by Crippen LogP contribution is 2.02. The van der Waals surface area contributed by atoms with Gasteiger partial charge in [0.25, 0.3) is 0 Å². The molecular weight excluding hydrogens is 264 g/mol. The SMILES string of the molecule is CCOC(=O)/C=C/CNCCCN(C)Cc1ccccc1. The molecule has 0 aromatic heterocycles.